The lowest BCUT2D eigenvalue weighted by Crippen LogP contribution is -2.54. The standard InChI is InChI=1S/C25H34F2N4O5/c1-5-29-15-19(25(34)28-7-6-10-36-12-11-35-4)24(33)18-13-20(26)23(21(27)22(18)29)30-8-9-31(17(3)32)16(2)14-30/h13,15-16H,5-12,14H2,1-4H3,(H,28,34). The van der Waals surface area contributed by atoms with Gasteiger partial charge >= 0.3 is 0 Å². The lowest BCUT2D eigenvalue weighted by Gasteiger charge is -2.40. The molecule has 2 heterocycles. The largest absolute Gasteiger partial charge is 0.382 e. The number of aromatic nitrogens is 1. The van der Waals surface area contributed by atoms with E-state index in [0.717, 1.165) is 6.07 Å². The molecule has 1 atom stereocenters. The Hall–Kier alpha value is -3.05. The van der Waals surface area contributed by atoms with Gasteiger partial charge in [0.1, 0.15) is 17.1 Å². The average molecular weight is 509 g/mol. The highest BCUT2D eigenvalue weighted by atomic mass is 19.1. The summed E-state index contributed by atoms with van der Waals surface area (Å²) in [6.07, 6.45) is 1.85. The summed E-state index contributed by atoms with van der Waals surface area (Å²) < 4.78 is 42.7. The number of aryl methyl sites for hydroxylation is 1. The maximum absolute atomic E-state index is 15.8. The molecule has 1 saturated heterocycles. The van der Waals surface area contributed by atoms with Gasteiger partial charge < -0.3 is 29.2 Å². The van der Waals surface area contributed by atoms with Crippen molar-refractivity contribution < 1.29 is 27.8 Å². The fraction of sp³-hybridized carbons (Fsp3) is 0.560. The van der Waals surface area contributed by atoms with E-state index in [1.54, 1.807) is 23.8 Å². The molecule has 0 saturated carbocycles. The molecule has 1 fully saturated rings. The predicted octanol–water partition coefficient (Wildman–Crippen LogP) is 2.14. The first-order chi connectivity index (χ1) is 17.2. The fourth-order valence-corrected chi connectivity index (χ4v) is 4.52. The Morgan fingerprint density at radius 2 is 1.94 bits per heavy atom. The summed E-state index contributed by atoms with van der Waals surface area (Å²) in [7, 11) is 1.58. The van der Waals surface area contributed by atoms with Gasteiger partial charge in [0.15, 0.2) is 5.82 Å². The number of nitrogens with zero attached hydrogens (tertiary/aromatic N) is 3. The predicted molar refractivity (Wildman–Crippen MR) is 133 cm³/mol. The number of anilines is 1. The van der Waals surface area contributed by atoms with Gasteiger partial charge in [0.2, 0.25) is 11.3 Å². The number of benzene rings is 1. The number of piperazine rings is 1. The molecule has 36 heavy (non-hydrogen) atoms. The normalized spacial score (nSPS) is 16.0. The second-order valence-corrected chi connectivity index (χ2v) is 8.80. The van der Waals surface area contributed by atoms with Gasteiger partial charge in [-0.2, -0.15) is 0 Å². The number of carbonyl (C=O) groups is 2. The molecule has 11 heteroatoms. The van der Waals surface area contributed by atoms with Gasteiger partial charge in [-0.25, -0.2) is 8.78 Å². The number of fused-ring (bicyclic) bond motifs is 1. The van der Waals surface area contributed by atoms with Crippen molar-refractivity contribution in [3.05, 3.63) is 39.7 Å². The Morgan fingerprint density at radius 3 is 2.58 bits per heavy atom. The minimum Gasteiger partial charge on any atom is -0.382 e. The summed E-state index contributed by atoms with van der Waals surface area (Å²) in [5, 5.41) is 2.47. The number of pyridine rings is 1. The zero-order valence-corrected chi connectivity index (χ0v) is 21.2. The molecule has 0 spiro atoms. The molecule has 2 amide bonds. The van der Waals surface area contributed by atoms with E-state index in [9.17, 15) is 14.4 Å². The Kier molecular flexibility index (Phi) is 9.38. The molecule has 0 aliphatic carbocycles. The molecule has 1 aromatic carbocycles. The van der Waals surface area contributed by atoms with E-state index in [1.165, 1.54) is 17.7 Å². The van der Waals surface area contributed by atoms with E-state index in [4.69, 9.17) is 9.47 Å². The number of methoxy groups -OCH3 is 1. The lowest BCUT2D eigenvalue weighted by molar-refractivity contribution is -0.131. The molecule has 1 aliphatic rings. The van der Waals surface area contributed by atoms with E-state index >= 15 is 8.78 Å². The Balaban J connectivity index is 1.87. The number of rotatable bonds is 10. The van der Waals surface area contributed by atoms with Gasteiger partial charge in [0.25, 0.3) is 5.91 Å². The van der Waals surface area contributed by atoms with E-state index in [-0.39, 0.29) is 60.3 Å². The molecule has 2 aromatic rings. The number of hydrogen-bond donors (Lipinski definition) is 1. The zero-order chi connectivity index (χ0) is 26.4. The van der Waals surface area contributed by atoms with Gasteiger partial charge in [-0.1, -0.05) is 0 Å². The Bertz CT molecular complexity index is 1170. The molecule has 0 radical (unpaired) electrons. The highest BCUT2D eigenvalue weighted by Gasteiger charge is 2.30. The van der Waals surface area contributed by atoms with Crippen LogP contribution < -0.4 is 15.6 Å². The van der Waals surface area contributed by atoms with Crippen LogP contribution in [0.15, 0.2) is 17.1 Å². The van der Waals surface area contributed by atoms with Crippen LogP contribution in [0.4, 0.5) is 14.5 Å². The average Bonchev–Trinajstić information content (AvgIpc) is 2.83. The molecule has 1 aliphatic heterocycles. The van der Waals surface area contributed by atoms with Crippen molar-refractivity contribution in [3.8, 4) is 0 Å². The van der Waals surface area contributed by atoms with E-state index in [1.807, 2.05) is 6.92 Å². The highest BCUT2D eigenvalue weighted by molar-refractivity contribution is 5.98. The molecule has 1 aromatic heterocycles. The van der Waals surface area contributed by atoms with Crippen LogP contribution in [0.5, 0.6) is 0 Å². The third-order valence-corrected chi connectivity index (χ3v) is 6.35. The first-order valence-corrected chi connectivity index (χ1v) is 12.1. The zero-order valence-electron chi connectivity index (χ0n) is 21.2. The maximum Gasteiger partial charge on any atom is 0.256 e. The molecular weight excluding hydrogens is 474 g/mol. The van der Waals surface area contributed by atoms with Gasteiger partial charge in [-0.3, -0.25) is 14.4 Å². The summed E-state index contributed by atoms with van der Waals surface area (Å²) in [5.41, 5.74) is -1.20. The third-order valence-electron chi connectivity index (χ3n) is 6.35. The molecule has 3 rings (SSSR count). The van der Waals surface area contributed by atoms with Crippen molar-refractivity contribution in [3.63, 3.8) is 0 Å². The van der Waals surface area contributed by atoms with Crippen LogP contribution >= 0.6 is 0 Å². The van der Waals surface area contributed by atoms with E-state index in [2.05, 4.69) is 5.32 Å². The first-order valence-electron chi connectivity index (χ1n) is 12.1. The van der Waals surface area contributed by atoms with Crippen LogP contribution in [-0.2, 0) is 20.8 Å². The van der Waals surface area contributed by atoms with Crippen molar-refractivity contribution in [1.29, 1.82) is 0 Å². The van der Waals surface area contributed by atoms with Crippen LogP contribution in [0.3, 0.4) is 0 Å². The number of nitrogens with one attached hydrogen (secondary N) is 1. The van der Waals surface area contributed by atoms with E-state index < -0.39 is 23.0 Å². The molecule has 0 bridgehead atoms. The molecule has 1 N–H and O–H groups in total. The van der Waals surface area contributed by atoms with Crippen LogP contribution in [0.2, 0.25) is 0 Å². The molecule has 198 valence electrons. The minimum atomic E-state index is -0.881. The van der Waals surface area contributed by atoms with Gasteiger partial charge in [0.05, 0.1) is 24.1 Å². The number of halogens is 2. The number of carbonyl (C=O) groups excluding carboxylic acids is 2. The van der Waals surface area contributed by atoms with E-state index in [0.29, 0.717) is 32.8 Å². The number of amides is 2. The Labute approximate surface area is 208 Å². The SMILES string of the molecule is CCn1cc(C(=O)NCCCOCCOC)c(=O)c2cc(F)c(N3CCN(C(C)=O)C(C)C3)c(F)c21. The second-order valence-electron chi connectivity index (χ2n) is 8.80. The number of hydrogen-bond acceptors (Lipinski definition) is 6. The van der Waals surface area contributed by atoms with Crippen molar-refractivity contribution in [1.82, 2.24) is 14.8 Å². The van der Waals surface area contributed by atoms with Crippen LogP contribution in [0, 0.1) is 11.6 Å². The fourth-order valence-electron chi connectivity index (χ4n) is 4.52. The summed E-state index contributed by atoms with van der Waals surface area (Å²) >= 11 is 0. The smallest absolute Gasteiger partial charge is 0.256 e. The summed E-state index contributed by atoms with van der Waals surface area (Å²) in [5.74, 6) is -2.44. The minimum absolute atomic E-state index is 0.0522. The second kappa shape index (κ2) is 12.3. The summed E-state index contributed by atoms with van der Waals surface area (Å²) in [6.45, 7) is 7.77. The summed E-state index contributed by atoms with van der Waals surface area (Å²) in [4.78, 5) is 40.8. The molecule has 1 unspecified atom stereocenters. The van der Waals surface area contributed by atoms with Gasteiger partial charge in [-0.15, -0.1) is 0 Å². The molecule has 9 nitrogen and oxygen atoms in total. The maximum atomic E-state index is 15.8. The van der Waals surface area contributed by atoms with Crippen molar-refractivity contribution in [2.45, 2.75) is 39.8 Å². The van der Waals surface area contributed by atoms with Crippen molar-refractivity contribution in [2.75, 3.05) is 58.0 Å². The molecular formula is C25H34F2N4O5. The van der Waals surface area contributed by atoms with Crippen molar-refractivity contribution in [2.24, 2.45) is 0 Å². The van der Waals surface area contributed by atoms with Crippen LogP contribution in [0.1, 0.15) is 37.6 Å². The number of ether oxygens (including phenoxy) is 2. The first kappa shape index (κ1) is 27.5. The van der Waals surface area contributed by atoms with Crippen molar-refractivity contribution >= 4 is 28.4 Å². The monoisotopic (exact) mass is 508 g/mol. The topological polar surface area (TPSA) is 93.1 Å². The quantitative estimate of drug-likeness (QED) is 0.495. The Morgan fingerprint density at radius 1 is 1.19 bits per heavy atom. The van der Waals surface area contributed by atoms with Crippen LogP contribution in [0.25, 0.3) is 10.9 Å². The lowest BCUT2D eigenvalue weighted by atomic mass is 10.1. The third kappa shape index (κ3) is 5.84. The van der Waals surface area contributed by atoms with Gasteiger partial charge in [0, 0.05) is 65.6 Å². The highest BCUT2D eigenvalue weighted by Crippen LogP contribution is 2.31. The van der Waals surface area contributed by atoms with Gasteiger partial charge in [-0.05, 0) is 26.3 Å². The summed E-state index contributed by atoms with van der Waals surface area (Å²) in [6, 6.07) is 0.778. The van der Waals surface area contributed by atoms with Crippen LogP contribution in [-0.4, -0.2) is 80.4 Å².